The Morgan fingerprint density at radius 3 is 3.00 bits per heavy atom. The number of H-pyrrole nitrogens is 1. The number of carbonyl (C=O) groups excluding carboxylic acids is 1. The van der Waals surface area contributed by atoms with Crippen molar-refractivity contribution in [3.8, 4) is 0 Å². The van der Waals surface area contributed by atoms with Gasteiger partial charge in [0.1, 0.15) is 0 Å². The minimum absolute atomic E-state index is 0.340. The molecule has 1 aromatic carbocycles. The highest BCUT2D eigenvalue weighted by Crippen LogP contribution is 2.31. The van der Waals surface area contributed by atoms with Crippen molar-refractivity contribution in [2.24, 2.45) is 0 Å². The first-order valence-electron chi connectivity index (χ1n) is 5.53. The number of aldehydes is 1. The summed E-state index contributed by atoms with van der Waals surface area (Å²) in [6.07, 6.45) is 1.94. The average molecular weight is 215 g/mol. The third-order valence-corrected chi connectivity index (χ3v) is 3.23. The van der Waals surface area contributed by atoms with Crippen LogP contribution in [0.1, 0.15) is 28.4 Å². The van der Waals surface area contributed by atoms with Crippen molar-refractivity contribution in [3.05, 3.63) is 35.5 Å². The van der Waals surface area contributed by atoms with Gasteiger partial charge in [0.15, 0.2) is 6.29 Å². The summed E-state index contributed by atoms with van der Waals surface area (Å²) in [6.45, 7) is 1.51. The number of nitrogens with one attached hydrogen (secondary N) is 1. The Morgan fingerprint density at radius 1 is 1.38 bits per heavy atom. The minimum Gasteiger partial charge on any atom is -0.381 e. The number of hydrogen-bond acceptors (Lipinski definition) is 2. The fourth-order valence-electron chi connectivity index (χ4n) is 2.40. The molecule has 3 rings (SSSR count). The molecule has 1 atom stereocenters. The monoisotopic (exact) mass is 215 g/mol. The number of fused-ring (bicyclic) bond motifs is 1. The van der Waals surface area contributed by atoms with Gasteiger partial charge in [0.05, 0.1) is 6.61 Å². The topological polar surface area (TPSA) is 42.1 Å². The van der Waals surface area contributed by atoms with E-state index in [1.807, 2.05) is 24.3 Å². The third-order valence-electron chi connectivity index (χ3n) is 3.23. The van der Waals surface area contributed by atoms with Crippen LogP contribution in [0.15, 0.2) is 24.3 Å². The first kappa shape index (κ1) is 9.60. The van der Waals surface area contributed by atoms with Crippen LogP contribution in [0.25, 0.3) is 10.9 Å². The molecule has 0 amide bonds. The number of hydrogen-bond donors (Lipinski definition) is 1. The van der Waals surface area contributed by atoms with E-state index in [9.17, 15) is 4.79 Å². The summed E-state index contributed by atoms with van der Waals surface area (Å²) >= 11 is 0. The molecule has 1 aliphatic heterocycles. The zero-order valence-electron chi connectivity index (χ0n) is 8.90. The van der Waals surface area contributed by atoms with Crippen LogP contribution in [0, 0.1) is 0 Å². The molecule has 1 saturated heterocycles. The molecule has 0 radical (unpaired) electrons. The van der Waals surface area contributed by atoms with Gasteiger partial charge in [0.25, 0.3) is 0 Å². The van der Waals surface area contributed by atoms with Gasteiger partial charge in [-0.25, -0.2) is 0 Å². The van der Waals surface area contributed by atoms with Crippen LogP contribution >= 0.6 is 0 Å². The Bertz CT molecular complexity index is 524. The maximum Gasteiger partial charge on any atom is 0.152 e. The maximum atomic E-state index is 11.2. The number of aromatic nitrogens is 1. The van der Waals surface area contributed by atoms with Gasteiger partial charge in [-0.1, -0.05) is 18.2 Å². The Labute approximate surface area is 93.4 Å². The van der Waals surface area contributed by atoms with Crippen molar-refractivity contribution in [3.63, 3.8) is 0 Å². The predicted octanol–water partition coefficient (Wildman–Crippen LogP) is 2.48. The molecule has 3 heteroatoms. The summed E-state index contributed by atoms with van der Waals surface area (Å²) in [5.74, 6) is 0.340. The fourth-order valence-corrected chi connectivity index (χ4v) is 2.40. The zero-order valence-corrected chi connectivity index (χ0v) is 8.90. The van der Waals surface area contributed by atoms with E-state index in [2.05, 4.69) is 4.98 Å². The molecule has 0 aliphatic carbocycles. The highest BCUT2D eigenvalue weighted by molar-refractivity contribution is 5.99. The molecular weight excluding hydrogens is 202 g/mol. The van der Waals surface area contributed by atoms with Gasteiger partial charge in [0, 0.05) is 34.7 Å². The number of benzene rings is 1. The smallest absolute Gasteiger partial charge is 0.152 e. The predicted molar refractivity (Wildman–Crippen MR) is 61.9 cm³/mol. The number of para-hydroxylation sites is 1. The summed E-state index contributed by atoms with van der Waals surface area (Å²) in [7, 11) is 0. The molecule has 1 aliphatic rings. The van der Waals surface area contributed by atoms with Crippen LogP contribution in [-0.2, 0) is 4.74 Å². The molecule has 0 bridgehead atoms. The summed E-state index contributed by atoms with van der Waals surface area (Å²) in [6, 6.07) is 7.91. The van der Waals surface area contributed by atoms with Gasteiger partial charge in [-0.3, -0.25) is 4.79 Å². The number of rotatable bonds is 2. The lowest BCUT2D eigenvalue weighted by molar-refractivity contribution is 0.112. The number of ether oxygens (including phenoxy) is 1. The van der Waals surface area contributed by atoms with Gasteiger partial charge >= 0.3 is 0 Å². The van der Waals surface area contributed by atoms with Gasteiger partial charge in [0.2, 0.25) is 0 Å². The van der Waals surface area contributed by atoms with Gasteiger partial charge < -0.3 is 9.72 Å². The van der Waals surface area contributed by atoms with Crippen molar-refractivity contribution >= 4 is 17.2 Å². The zero-order chi connectivity index (χ0) is 11.0. The molecule has 2 heterocycles. The van der Waals surface area contributed by atoms with Gasteiger partial charge in [-0.05, 0) is 12.5 Å². The van der Waals surface area contributed by atoms with E-state index in [0.717, 1.165) is 41.5 Å². The normalized spacial score (nSPS) is 20.4. The third kappa shape index (κ3) is 1.36. The molecule has 0 spiro atoms. The van der Waals surface area contributed by atoms with E-state index in [1.165, 1.54) is 0 Å². The highest BCUT2D eigenvalue weighted by Gasteiger charge is 2.23. The van der Waals surface area contributed by atoms with Crippen LogP contribution in [0.4, 0.5) is 0 Å². The quantitative estimate of drug-likeness (QED) is 0.782. The Hall–Kier alpha value is -1.61. The molecule has 1 unspecified atom stereocenters. The van der Waals surface area contributed by atoms with E-state index >= 15 is 0 Å². The van der Waals surface area contributed by atoms with Crippen LogP contribution in [0.3, 0.4) is 0 Å². The Morgan fingerprint density at radius 2 is 2.25 bits per heavy atom. The van der Waals surface area contributed by atoms with Gasteiger partial charge in [-0.15, -0.1) is 0 Å². The van der Waals surface area contributed by atoms with Crippen LogP contribution < -0.4 is 0 Å². The van der Waals surface area contributed by atoms with E-state index < -0.39 is 0 Å². The van der Waals surface area contributed by atoms with Crippen LogP contribution in [0.5, 0.6) is 0 Å². The lowest BCUT2D eigenvalue weighted by Crippen LogP contribution is -2.01. The van der Waals surface area contributed by atoms with Crippen molar-refractivity contribution in [2.45, 2.75) is 12.3 Å². The Kier molecular flexibility index (Phi) is 2.26. The highest BCUT2D eigenvalue weighted by atomic mass is 16.5. The first-order valence-corrected chi connectivity index (χ1v) is 5.53. The standard InChI is InChI=1S/C13H13NO2/c15-7-11-10-3-1-2-4-12(10)14-13(11)9-5-6-16-8-9/h1-4,7,9,14H,5-6,8H2. The summed E-state index contributed by atoms with van der Waals surface area (Å²) in [5.41, 5.74) is 2.87. The van der Waals surface area contributed by atoms with E-state index in [1.54, 1.807) is 0 Å². The van der Waals surface area contributed by atoms with Gasteiger partial charge in [-0.2, -0.15) is 0 Å². The van der Waals surface area contributed by atoms with Crippen LogP contribution in [0.2, 0.25) is 0 Å². The Balaban J connectivity index is 2.19. The van der Waals surface area contributed by atoms with Crippen molar-refractivity contribution in [2.75, 3.05) is 13.2 Å². The van der Waals surface area contributed by atoms with Crippen molar-refractivity contribution in [1.82, 2.24) is 4.98 Å². The molecular formula is C13H13NO2. The fraction of sp³-hybridized carbons (Fsp3) is 0.308. The van der Waals surface area contributed by atoms with Crippen molar-refractivity contribution in [1.29, 1.82) is 0 Å². The molecule has 0 saturated carbocycles. The van der Waals surface area contributed by atoms with Crippen LogP contribution in [-0.4, -0.2) is 24.5 Å². The summed E-state index contributed by atoms with van der Waals surface area (Å²) < 4.78 is 5.37. The average Bonchev–Trinajstić information content (AvgIpc) is 2.95. The molecule has 82 valence electrons. The second-order valence-corrected chi connectivity index (χ2v) is 4.18. The molecule has 16 heavy (non-hydrogen) atoms. The summed E-state index contributed by atoms with van der Waals surface area (Å²) in [5, 5.41) is 1.01. The molecule has 1 N–H and O–H groups in total. The second-order valence-electron chi connectivity index (χ2n) is 4.18. The van der Waals surface area contributed by atoms with E-state index in [4.69, 9.17) is 4.74 Å². The largest absolute Gasteiger partial charge is 0.381 e. The van der Waals surface area contributed by atoms with E-state index in [0.29, 0.717) is 12.5 Å². The number of carbonyl (C=O) groups is 1. The SMILES string of the molecule is O=Cc1c(C2CCOC2)[nH]c2ccccc12. The lowest BCUT2D eigenvalue weighted by Gasteiger charge is -2.05. The molecule has 3 nitrogen and oxygen atoms in total. The summed E-state index contributed by atoms with van der Waals surface area (Å²) in [4.78, 5) is 14.5. The molecule has 2 aromatic rings. The molecule has 1 aromatic heterocycles. The second kappa shape index (κ2) is 3.76. The van der Waals surface area contributed by atoms with Crippen molar-refractivity contribution < 1.29 is 9.53 Å². The lowest BCUT2D eigenvalue weighted by atomic mass is 10.0. The first-order chi connectivity index (χ1) is 7.90. The minimum atomic E-state index is 0.340. The molecule has 1 fully saturated rings. The maximum absolute atomic E-state index is 11.2. The van der Waals surface area contributed by atoms with E-state index in [-0.39, 0.29) is 0 Å². The number of aromatic amines is 1.